The van der Waals surface area contributed by atoms with Gasteiger partial charge in [-0.2, -0.15) is 5.21 Å². The highest BCUT2D eigenvalue weighted by molar-refractivity contribution is 6.34. The zero-order chi connectivity index (χ0) is 45.8. The Morgan fingerprint density at radius 1 is 0.905 bits per heavy atom. The number of tetrazole rings is 1. The van der Waals surface area contributed by atoms with Gasteiger partial charge < -0.3 is 57.6 Å². The van der Waals surface area contributed by atoms with Crippen molar-refractivity contribution in [1.29, 1.82) is 0 Å². The van der Waals surface area contributed by atoms with E-state index in [2.05, 4.69) is 41.9 Å². The first-order valence-corrected chi connectivity index (χ1v) is 20.3. The number of likely N-dealkylation sites (N-methyl/N-ethyl adjacent to an activating group) is 1. The lowest BCUT2D eigenvalue weighted by Gasteiger charge is -2.32. The number of fused-ring (bicyclic) bond motifs is 5. The number of carbonyl (C=O) groups is 6. The number of methoxy groups -OCH3 is 1. The second-order valence-electron chi connectivity index (χ2n) is 14.5. The molecule has 0 radical (unpaired) electrons. The van der Waals surface area contributed by atoms with Crippen LogP contribution in [0, 0.1) is 0 Å². The first-order valence-electron chi connectivity index (χ1n) is 19.9. The summed E-state index contributed by atoms with van der Waals surface area (Å²) in [4.78, 5) is 84.4. The average Bonchev–Trinajstić information content (AvgIpc) is 3.82. The van der Waals surface area contributed by atoms with Gasteiger partial charge in [0, 0.05) is 37.7 Å². The van der Waals surface area contributed by atoms with Gasteiger partial charge in [-0.15, -0.1) is 10.2 Å². The van der Waals surface area contributed by atoms with Gasteiger partial charge in [-0.1, -0.05) is 23.7 Å². The summed E-state index contributed by atoms with van der Waals surface area (Å²) in [6.07, 6.45) is -0.107. The minimum atomic E-state index is -1.44. The van der Waals surface area contributed by atoms with Crippen molar-refractivity contribution in [2.24, 2.45) is 17.2 Å². The highest BCUT2D eigenvalue weighted by Gasteiger charge is 2.36. The van der Waals surface area contributed by atoms with Crippen molar-refractivity contribution in [3.8, 4) is 28.4 Å². The molecule has 0 unspecified atom stereocenters. The SMILES string of the molecule is COc1ccc(C(=O)N[C@@H](CCN)C(=O)N(C)[C@@H]2C(=O)N[C@@H](C)C(=O)N[C@H](C(=O)N[C@@H](C)C(=O)c3nn[nH]n3)Cc3ccc(OCCN)c(c3)-c3cc2ccc3OCCN)c(Cl)c1. The molecule has 3 aromatic carbocycles. The van der Waals surface area contributed by atoms with Crippen LogP contribution < -0.4 is 52.7 Å². The molecule has 11 N–H and O–H groups in total. The fourth-order valence-corrected chi connectivity index (χ4v) is 7.02. The van der Waals surface area contributed by atoms with E-state index in [4.69, 9.17) is 43.0 Å². The van der Waals surface area contributed by atoms with Crippen molar-refractivity contribution < 1.29 is 43.0 Å². The molecule has 0 spiro atoms. The molecule has 0 saturated carbocycles. The Labute approximate surface area is 367 Å². The highest BCUT2D eigenvalue weighted by Crippen LogP contribution is 2.40. The monoisotopic (exact) mass is 890 g/mol. The standard InChI is InChI=1S/C41H51ClN12O9/c1-21(35(55)36-50-52-53-51-36)46-39(58)31-18-23-5-9-32(62-15-13-44)27(17-23)28-19-24(6-10-33(28)63-16-14-45)34(40(59)47-22(2)37(56)49-31)54(3)41(60)30(11-12-43)48-38(57)26-8-7-25(61-4)20-29(26)42/h5-10,17,19-22,30-31,34H,11-16,18,43-45H2,1-4H3,(H,46,58)(H,47,59)(H,48,57)(H,49,56)(H,50,51,52,53)/t21-,22-,30-,31-,34-/m0/s1. The molecular formula is C41H51ClN12O9. The third kappa shape index (κ3) is 11.6. The molecule has 336 valence electrons. The zero-order valence-electron chi connectivity index (χ0n) is 35.1. The summed E-state index contributed by atoms with van der Waals surface area (Å²) in [6, 6.07) is 8.04. The van der Waals surface area contributed by atoms with Crippen LogP contribution in [0.1, 0.15) is 58.4 Å². The lowest BCUT2D eigenvalue weighted by molar-refractivity contribution is -0.141. The normalized spacial score (nSPS) is 17.2. The van der Waals surface area contributed by atoms with E-state index < -0.39 is 65.5 Å². The Morgan fingerprint density at radius 3 is 2.21 bits per heavy atom. The number of H-pyrrole nitrogens is 1. The first-order chi connectivity index (χ1) is 30.2. The summed E-state index contributed by atoms with van der Waals surface area (Å²) in [6.45, 7) is 3.38. The van der Waals surface area contributed by atoms with Crippen LogP contribution in [-0.4, -0.2) is 132 Å². The van der Waals surface area contributed by atoms with Crippen LogP contribution in [-0.2, 0) is 25.6 Å². The van der Waals surface area contributed by atoms with Crippen molar-refractivity contribution in [2.45, 2.75) is 56.9 Å². The Morgan fingerprint density at radius 2 is 1.59 bits per heavy atom. The highest BCUT2D eigenvalue weighted by atomic mass is 35.5. The van der Waals surface area contributed by atoms with Crippen LogP contribution >= 0.6 is 11.6 Å². The molecule has 1 aliphatic heterocycles. The van der Waals surface area contributed by atoms with Crippen LogP contribution in [0.4, 0.5) is 0 Å². The number of aromatic amines is 1. The number of rotatable bonds is 17. The number of nitrogens with one attached hydrogen (secondary N) is 5. The molecule has 2 heterocycles. The van der Waals surface area contributed by atoms with Gasteiger partial charge >= 0.3 is 0 Å². The Bertz CT molecular complexity index is 2300. The van der Waals surface area contributed by atoms with Crippen LogP contribution in [0.15, 0.2) is 54.6 Å². The number of nitrogens with zero attached hydrogens (tertiary/aromatic N) is 4. The topological polar surface area (TPSA) is 314 Å². The van der Waals surface area contributed by atoms with E-state index in [1.54, 1.807) is 42.5 Å². The van der Waals surface area contributed by atoms with Crippen LogP contribution in [0.25, 0.3) is 11.1 Å². The Balaban J connectivity index is 1.60. The summed E-state index contributed by atoms with van der Waals surface area (Å²) >= 11 is 6.38. The predicted octanol–water partition coefficient (Wildman–Crippen LogP) is -0.216. The molecule has 4 bridgehead atoms. The van der Waals surface area contributed by atoms with Crippen molar-refractivity contribution in [3.05, 3.63) is 82.1 Å². The second kappa shape index (κ2) is 21.9. The minimum absolute atomic E-state index is 0.0209. The van der Waals surface area contributed by atoms with Gasteiger partial charge in [-0.05, 0) is 85.6 Å². The maximum atomic E-state index is 14.6. The fraction of sp³-hybridized carbons (Fsp3) is 0.390. The molecule has 5 amide bonds. The number of ether oxygens (including phenoxy) is 3. The minimum Gasteiger partial charge on any atom is -0.497 e. The Kier molecular flexibility index (Phi) is 16.5. The number of amides is 5. The average molecular weight is 891 g/mol. The van der Waals surface area contributed by atoms with E-state index in [9.17, 15) is 28.8 Å². The molecule has 4 aromatic rings. The van der Waals surface area contributed by atoms with E-state index in [1.165, 1.54) is 40.1 Å². The Hall–Kier alpha value is -6.68. The third-order valence-electron chi connectivity index (χ3n) is 10.0. The molecule has 1 aromatic heterocycles. The van der Waals surface area contributed by atoms with Crippen molar-refractivity contribution in [1.82, 2.24) is 46.8 Å². The quantitative estimate of drug-likeness (QED) is 0.0636. The zero-order valence-corrected chi connectivity index (χ0v) is 35.9. The molecular weight excluding hydrogens is 840 g/mol. The molecule has 1 aliphatic rings. The van der Waals surface area contributed by atoms with E-state index in [0.717, 1.165) is 4.90 Å². The van der Waals surface area contributed by atoms with Gasteiger partial charge in [0.05, 0.1) is 23.7 Å². The lowest BCUT2D eigenvalue weighted by Crippen LogP contribution is -2.57. The number of hydrogen-bond donors (Lipinski definition) is 8. The number of aromatic nitrogens is 4. The molecule has 21 nitrogen and oxygen atoms in total. The van der Waals surface area contributed by atoms with E-state index >= 15 is 0 Å². The van der Waals surface area contributed by atoms with Gasteiger partial charge in [0.1, 0.15) is 54.6 Å². The molecule has 0 saturated heterocycles. The van der Waals surface area contributed by atoms with E-state index in [0.29, 0.717) is 33.9 Å². The summed E-state index contributed by atoms with van der Waals surface area (Å²) in [7, 11) is 2.83. The number of Topliss-reactive ketones (excluding diaryl/α,β-unsaturated/α-hetero) is 1. The van der Waals surface area contributed by atoms with Gasteiger partial charge in [-0.3, -0.25) is 28.8 Å². The van der Waals surface area contributed by atoms with E-state index in [1.807, 2.05) is 0 Å². The van der Waals surface area contributed by atoms with Gasteiger partial charge in [-0.25, -0.2) is 0 Å². The largest absolute Gasteiger partial charge is 0.497 e. The third-order valence-corrected chi connectivity index (χ3v) is 10.3. The number of benzene rings is 3. The van der Waals surface area contributed by atoms with Crippen LogP contribution in [0.3, 0.4) is 0 Å². The predicted molar refractivity (Wildman–Crippen MR) is 229 cm³/mol. The summed E-state index contributed by atoms with van der Waals surface area (Å²) in [5, 5.41) is 23.7. The molecule has 5 rings (SSSR count). The van der Waals surface area contributed by atoms with Gasteiger partial charge in [0.15, 0.2) is 0 Å². The maximum absolute atomic E-state index is 14.6. The van der Waals surface area contributed by atoms with Crippen molar-refractivity contribution in [2.75, 3.05) is 47.0 Å². The fourth-order valence-electron chi connectivity index (χ4n) is 6.76. The number of carbonyl (C=O) groups excluding carboxylic acids is 6. The summed E-state index contributed by atoms with van der Waals surface area (Å²) in [5.74, 6) is -3.43. The molecule has 0 aliphatic carbocycles. The molecule has 5 atom stereocenters. The molecule has 22 heteroatoms. The molecule has 0 fully saturated rings. The van der Waals surface area contributed by atoms with Crippen LogP contribution in [0.5, 0.6) is 17.2 Å². The van der Waals surface area contributed by atoms with Crippen molar-refractivity contribution in [3.63, 3.8) is 0 Å². The van der Waals surface area contributed by atoms with Crippen LogP contribution in [0.2, 0.25) is 5.02 Å². The van der Waals surface area contributed by atoms with Gasteiger partial charge in [0.25, 0.3) is 5.91 Å². The lowest BCUT2D eigenvalue weighted by atomic mass is 9.93. The smallest absolute Gasteiger partial charge is 0.253 e. The van der Waals surface area contributed by atoms with E-state index in [-0.39, 0.29) is 67.7 Å². The van der Waals surface area contributed by atoms with Gasteiger partial charge in [0.2, 0.25) is 35.2 Å². The molecule has 63 heavy (non-hydrogen) atoms. The van der Waals surface area contributed by atoms with Crippen molar-refractivity contribution >= 4 is 46.9 Å². The second-order valence-corrected chi connectivity index (χ2v) is 14.9. The number of halogens is 1. The first kappa shape index (κ1) is 47.4. The summed E-state index contributed by atoms with van der Waals surface area (Å²) in [5.41, 5.74) is 19.3. The number of nitrogens with two attached hydrogens (primary N) is 3. The number of ketones is 1. The summed E-state index contributed by atoms with van der Waals surface area (Å²) < 4.78 is 17.4. The maximum Gasteiger partial charge on any atom is 0.253 e. The number of hydrogen-bond acceptors (Lipinski definition) is 15.